The van der Waals surface area contributed by atoms with Crippen LogP contribution in [0.5, 0.6) is 17.2 Å². The van der Waals surface area contributed by atoms with Crippen LogP contribution in [-0.2, 0) is 6.61 Å². The number of aromatic hydroxyl groups is 1. The largest absolute Gasteiger partial charge is 0.507 e. The number of phenolic OH excluding ortho intramolecular Hbond substituents is 1. The van der Waals surface area contributed by atoms with Crippen molar-refractivity contribution in [3.8, 4) is 17.2 Å². The van der Waals surface area contributed by atoms with Gasteiger partial charge in [-0.05, 0) is 57.4 Å². The van der Waals surface area contributed by atoms with Gasteiger partial charge in [0.25, 0.3) is 5.91 Å². The number of rotatable bonds is 7. The zero-order valence-electron chi connectivity index (χ0n) is 15.6. The molecule has 0 aromatic heterocycles. The molecule has 2 N–H and O–H groups in total. The number of carbonyl (C=O) groups is 1. The van der Waals surface area contributed by atoms with Crippen LogP contribution in [0.3, 0.4) is 0 Å². The van der Waals surface area contributed by atoms with E-state index >= 15 is 0 Å². The van der Waals surface area contributed by atoms with Gasteiger partial charge in [0, 0.05) is 6.07 Å². The summed E-state index contributed by atoms with van der Waals surface area (Å²) in [6.45, 7) is 0.467. The quantitative estimate of drug-likeness (QED) is 0.406. The molecule has 0 spiro atoms. The van der Waals surface area contributed by atoms with Gasteiger partial charge in [0.2, 0.25) is 0 Å². The number of amides is 1. The van der Waals surface area contributed by atoms with E-state index in [0.717, 1.165) is 15.6 Å². The van der Waals surface area contributed by atoms with Gasteiger partial charge in [0.05, 0.1) is 23.4 Å². The molecule has 0 saturated heterocycles. The van der Waals surface area contributed by atoms with Crippen molar-refractivity contribution in [3.05, 3.63) is 87.9 Å². The summed E-state index contributed by atoms with van der Waals surface area (Å²) in [5, 5.41) is 13.8. The van der Waals surface area contributed by atoms with Gasteiger partial charge in [-0.25, -0.2) is 5.43 Å². The lowest BCUT2D eigenvalue weighted by Gasteiger charge is -2.09. The molecule has 0 radical (unpaired) electrons. The van der Waals surface area contributed by atoms with E-state index in [1.807, 2.05) is 48.5 Å². The van der Waals surface area contributed by atoms with E-state index in [1.54, 1.807) is 6.07 Å². The minimum absolute atomic E-state index is 0.105. The molecule has 0 saturated carbocycles. The Hall–Kier alpha value is -3.32. The number of halogens is 1. The van der Waals surface area contributed by atoms with Crippen molar-refractivity contribution in [1.82, 2.24) is 5.43 Å². The van der Waals surface area contributed by atoms with Crippen molar-refractivity contribution in [1.29, 1.82) is 0 Å². The van der Waals surface area contributed by atoms with Crippen molar-refractivity contribution >= 4 is 28.1 Å². The topological polar surface area (TPSA) is 80.2 Å². The normalized spacial score (nSPS) is 10.7. The van der Waals surface area contributed by atoms with Crippen LogP contribution in [0.25, 0.3) is 0 Å². The Balaban J connectivity index is 1.59. The maximum absolute atomic E-state index is 12.1. The highest BCUT2D eigenvalue weighted by atomic mass is 79.9. The predicted octanol–water partition coefficient (Wildman–Crippen LogP) is 4.51. The Kier molecular flexibility index (Phi) is 6.86. The molecule has 3 rings (SSSR count). The highest BCUT2D eigenvalue weighted by Gasteiger charge is 2.11. The number of nitrogens with one attached hydrogen (secondary N) is 1. The minimum Gasteiger partial charge on any atom is -0.507 e. The summed E-state index contributed by atoms with van der Waals surface area (Å²) < 4.78 is 11.6. The van der Waals surface area contributed by atoms with Gasteiger partial charge in [0.15, 0.2) is 0 Å². The third-order valence-corrected chi connectivity index (χ3v) is 4.64. The van der Waals surface area contributed by atoms with Crippen molar-refractivity contribution in [2.24, 2.45) is 5.10 Å². The highest BCUT2D eigenvalue weighted by molar-refractivity contribution is 9.10. The van der Waals surface area contributed by atoms with Crippen LogP contribution >= 0.6 is 15.9 Å². The van der Waals surface area contributed by atoms with E-state index in [4.69, 9.17) is 9.47 Å². The first-order chi connectivity index (χ1) is 14.1. The molecular formula is C22H19BrN2O4. The summed E-state index contributed by atoms with van der Waals surface area (Å²) in [5.41, 5.74) is 4.34. The molecule has 0 aliphatic heterocycles. The molecule has 0 aliphatic rings. The minimum atomic E-state index is -0.525. The van der Waals surface area contributed by atoms with Gasteiger partial charge < -0.3 is 14.6 Å². The average molecular weight is 455 g/mol. The second-order valence-corrected chi connectivity index (χ2v) is 6.90. The Morgan fingerprint density at radius 2 is 1.93 bits per heavy atom. The Labute approximate surface area is 176 Å². The lowest BCUT2D eigenvalue weighted by molar-refractivity contribution is 0.0952. The number of carbonyl (C=O) groups excluding carboxylic acids is 1. The van der Waals surface area contributed by atoms with Crippen LogP contribution in [0.1, 0.15) is 21.5 Å². The molecule has 29 heavy (non-hydrogen) atoms. The molecule has 1 amide bonds. The van der Waals surface area contributed by atoms with Crippen LogP contribution in [0.2, 0.25) is 0 Å². The maximum Gasteiger partial charge on any atom is 0.275 e. The monoisotopic (exact) mass is 454 g/mol. The summed E-state index contributed by atoms with van der Waals surface area (Å²) in [6, 6.07) is 19.8. The predicted molar refractivity (Wildman–Crippen MR) is 115 cm³/mol. The van der Waals surface area contributed by atoms with E-state index in [1.165, 1.54) is 25.5 Å². The molecule has 0 unspecified atom stereocenters. The number of methoxy groups -OCH3 is 1. The molecular weight excluding hydrogens is 436 g/mol. The van der Waals surface area contributed by atoms with Gasteiger partial charge in [-0.3, -0.25) is 4.79 Å². The number of hydrogen-bond donors (Lipinski definition) is 2. The summed E-state index contributed by atoms with van der Waals surface area (Å²) in [4.78, 5) is 12.1. The first kappa shape index (κ1) is 20.4. The first-order valence-corrected chi connectivity index (χ1v) is 9.53. The van der Waals surface area contributed by atoms with Gasteiger partial charge in [-0.2, -0.15) is 5.10 Å². The third kappa shape index (κ3) is 5.58. The fourth-order valence-electron chi connectivity index (χ4n) is 2.51. The van der Waals surface area contributed by atoms with E-state index in [2.05, 4.69) is 26.5 Å². The molecule has 0 fully saturated rings. The number of hydrazone groups is 1. The molecule has 3 aromatic carbocycles. The first-order valence-electron chi connectivity index (χ1n) is 8.73. The number of phenols is 1. The van der Waals surface area contributed by atoms with Crippen molar-refractivity contribution < 1.29 is 19.4 Å². The highest BCUT2D eigenvalue weighted by Crippen LogP contribution is 2.26. The van der Waals surface area contributed by atoms with E-state index in [-0.39, 0.29) is 11.3 Å². The molecule has 0 bridgehead atoms. The maximum atomic E-state index is 12.1. The summed E-state index contributed by atoms with van der Waals surface area (Å²) in [5.74, 6) is 0.461. The van der Waals surface area contributed by atoms with Crippen LogP contribution in [0.4, 0.5) is 0 Å². The second kappa shape index (κ2) is 9.75. The average Bonchev–Trinajstić information content (AvgIpc) is 2.73. The van der Waals surface area contributed by atoms with Crippen molar-refractivity contribution in [3.63, 3.8) is 0 Å². The van der Waals surface area contributed by atoms with Crippen LogP contribution in [-0.4, -0.2) is 24.3 Å². The molecule has 7 heteroatoms. The molecule has 3 aromatic rings. The zero-order chi connectivity index (χ0) is 20.6. The molecule has 148 valence electrons. The summed E-state index contributed by atoms with van der Waals surface area (Å²) >= 11 is 3.48. The summed E-state index contributed by atoms with van der Waals surface area (Å²) in [7, 11) is 1.48. The van der Waals surface area contributed by atoms with Gasteiger partial charge in [0.1, 0.15) is 23.9 Å². The van der Waals surface area contributed by atoms with Crippen molar-refractivity contribution in [2.75, 3.05) is 7.11 Å². The number of hydrogen-bond acceptors (Lipinski definition) is 5. The van der Waals surface area contributed by atoms with E-state index in [0.29, 0.717) is 18.1 Å². The third-order valence-electron chi connectivity index (χ3n) is 4.02. The smallest absolute Gasteiger partial charge is 0.275 e. The van der Waals surface area contributed by atoms with Gasteiger partial charge >= 0.3 is 0 Å². The van der Waals surface area contributed by atoms with Gasteiger partial charge in [-0.15, -0.1) is 0 Å². The molecule has 0 heterocycles. The number of ether oxygens (including phenoxy) is 2. The summed E-state index contributed by atoms with van der Waals surface area (Å²) in [6.07, 6.45) is 1.50. The number of nitrogens with zero attached hydrogens (tertiary/aromatic N) is 1. The Morgan fingerprint density at radius 1 is 1.14 bits per heavy atom. The van der Waals surface area contributed by atoms with Crippen molar-refractivity contribution in [2.45, 2.75) is 6.61 Å². The standard InChI is InChI=1S/C22H19BrN2O4/c1-28-17-8-9-18(20(26)12-17)22(27)25-24-13-16-7-10-21(19(23)11-16)29-14-15-5-3-2-4-6-15/h2-13,26H,14H2,1H3,(H,25,27)/b24-13-. The van der Waals surface area contributed by atoms with E-state index < -0.39 is 5.91 Å². The fourth-order valence-corrected chi connectivity index (χ4v) is 3.02. The van der Waals surface area contributed by atoms with Gasteiger partial charge in [-0.1, -0.05) is 30.3 Å². The second-order valence-electron chi connectivity index (χ2n) is 6.05. The molecule has 0 atom stereocenters. The Bertz CT molecular complexity index is 1020. The Morgan fingerprint density at radius 3 is 2.62 bits per heavy atom. The zero-order valence-corrected chi connectivity index (χ0v) is 17.2. The van der Waals surface area contributed by atoms with Crippen LogP contribution < -0.4 is 14.9 Å². The molecule has 6 nitrogen and oxygen atoms in total. The lowest BCUT2D eigenvalue weighted by atomic mass is 10.2. The molecule has 0 aliphatic carbocycles. The number of benzene rings is 3. The lowest BCUT2D eigenvalue weighted by Crippen LogP contribution is -2.17. The van der Waals surface area contributed by atoms with Crippen LogP contribution in [0, 0.1) is 0 Å². The van der Waals surface area contributed by atoms with E-state index in [9.17, 15) is 9.90 Å². The van der Waals surface area contributed by atoms with Crippen LogP contribution in [0.15, 0.2) is 76.3 Å². The SMILES string of the molecule is COc1ccc(C(=O)N/N=C\c2ccc(OCc3ccccc3)c(Br)c2)c(O)c1. The fraction of sp³-hybridized carbons (Fsp3) is 0.0909.